The Balaban J connectivity index is 1.83. The summed E-state index contributed by atoms with van der Waals surface area (Å²) < 4.78 is 19.5. The van der Waals surface area contributed by atoms with Gasteiger partial charge in [-0.2, -0.15) is 0 Å². The van der Waals surface area contributed by atoms with E-state index in [0.29, 0.717) is 5.56 Å². The van der Waals surface area contributed by atoms with Gasteiger partial charge in [-0.05, 0) is 23.2 Å². The number of carbonyl (C=O) groups excluding carboxylic acids is 3. The quantitative estimate of drug-likeness (QED) is 0.224. The Bertz CT molecular complexity index is 940. The molecule has 0 saturated heterocycles. The van der Waals surface area contributed by atoms with Crippen LogP contribution in [0.2, 0.25) is 0 Å². The van der Waals surface area contributed by atoms with Gasteiger partial charge in [0.05, 0.1) is 17.7 Å². The van der Waals surface area contributed by atoms with Gasteiger partial charge in [-0.15, -0.1) is 0 Å². The van der Waals surface area contributed by atoms with Crippen molar-refractivity contribution >= 4 is 17.8 Å². The summed E-state index contributed by atoms with van der Waals surface area (Å²) in [6, 6.07) is 13.5. The van der Waals surface area contributed by atoms with Crippen molar-refractivity contribution in [2.75, 3.05) is 6.54 Å². The van der Waals surface area contributed by atoms with Crippen molar-refractivity contribution in [1.29, 1.82) is 0 Å². The smallest absolute Gasteiger partial charge is 0.329 e. The van der Waals surface area contributed by atoms with Crippen LogP contribution >= 0.6 is 0 Å². The van der Waals surface area contributed by atoms with Crippen molar-refractivity contribution in [3.63, 3.8) is 0 Å². The zero-order valence-corrected chi connectivity index (χ0v) is 15.3. The lowest BCUT2D eigenvalue weighted by Gasteiger charge is -2.25. The van der Waals surface area contributed by atoms with Gasteiger partial charge >= 0.3 is 5.97 Å². The normalized spacial score (nSPS) is 14.7. The highest BCUT2D eigenvalue weighted by Crippen LogP contribution is 2.27. The first-order valence-corrected chi connectivity index (χ1v) is 8.85. The molecule has 148 valence electrons. The Hall–Kier alpha value is -3.71. The van der Waals surface area contributed by atoms with Crippen molar-refractivity contribution in [3.8, 4) is 0 Å². The fraction of sp³-hybridized carbons (Fsp3) is 0.250. The summed E-state index contributed by atoms with van der Waals surface area (Å²) in [5.74, 6) is -2.29. The summed E-state index contributed by atoms with van der Waals surface area (Å²) in [6.45, 7) is -0.616. The van der Waals surface area contributed by atoms with Crippen molar-refractivity contribution in [3.05, 3.63) is 81.7 Å². The maximum atomic E-state index is 14.3. The molecule has 2 aromatic carbocycles. The Kier molecular flexibility index (Phi) is 6.21. The van der Waals surface area contributed by atoms with E-state index >= 15 is 0 Å². The number of rotatable bonds is 8. The van der Waals surface area contributed by atoms with Crippen molar-refractivity contribution < 1.29 is 23.5 Å². The van der Waals surface area contributed by atoms with Crippen LogP contribution in [0.3, 0.4) is 0 Å². The SMILES string of the molecule is [N-]=[N+]=NCC(F)C[C@@H](C(=O)OCc1ccccc1)N1C(=O)c2ccccc2C1=O. The molecular formula is C20H17FN4O4. The van der Waals surface area contributed by atoms with Crippen LogP contribution in [0.4, 0.5) is 4.39 Å². The summed E-state index contributed by atoms with van der Waals surface area (Å²) in [5.41, 5.74) is 9.35. The first-order valence-electron chi connectivity index (χ1n) is 8.85. The molecule has 0 aliphatic carbocycles. The van der Waals surface area contributed by atoms with E-state index in [9.17, 15) is 18.8 Å². The van der Waals surface area contributed by atoms with Crippen molar-refractivity contribution in [2.24, 2.45) is 5.11 Å². The van der Waals surface area contributed by atoms with E-state index in [2.05, 4.69) is 10.0 Å². The van der Waals surface area contributed by atoms with Crippen LogP contribution < -0.4 is 0 Å². The first kappa shape index (κ1) is 20.0. The monoisotopic (exact) mass is 396 g/mol. The highest BCUT2D eigenvalue weighted by Gasteiger charge is 2.44. The van der Waals surface area contributed by atoms with Gasteiger partial charge in [0, 0.05) is 11.3 Å². The maximum Gasteiger partial charge on any atom is 0.329 e. The number of benzene rings is 2. The van der Waals surface area contributed by atoms with Gasteiger partial charge in [0.1, 0.15) is 18.8 Å². The molecule has 0 saturated carbocycles. The molecule has 8 nitrogen and oxygen atoms in total. The van der Waals surface area contributed by atoms with Crippen molar-refractivity contribution in [1.82, 2.24) is 4.90 Å². The van der Waals surface area contributed by atoms with E-state index in [1.165, 1.54) is 12.1 Å². The van der Waals surface area contributed by atoms with E-state index in [1.807, 2.05) is 0 Å². The van der Waals surface area contributed by atoms with Crippen LogP contribution in [0.5, 0.6) is 0 Å². The van der Waals surface area contributed by atoms with Crippen LogP contribution in [0.1, 0.15) is 32.7 Å². The van der Waals surface area contributed by atoms with E-state index in [0.717, 1.165) is 4.90 Å². The minimum Gasteiger partial charge on any atom is -0.459 e. The predicted molar refractivity (Wildman–Crippen MR) is 100 cm³/mol. The highest BCUT2D eigenvalue weighted by molar-refractivity contribution is 6.22. The molecule has 1 unspecified atom stereocenters. The maximum absolute atomic E-state index is 14.3. The number of nitrogens with zero attached hydrogens (tertiary/aromatic N) is 4. The summed E-state index contributed by atoms with van der Waals surface area (Å²) >= 11 is 0. The second-order valence-corrected chi connectivity index (χ2v) is 6.38. The average molecular weight is 396 g/mol. The van der Waals surface area contributed by atoms with Gasteiger partial charge in [0.25, 0.3) is 11.8 Å². The fourth-order valence-electron chi connectivity index (χ4n) is 3.06. The zero-order chi connectivity index (χ0) is 20.8. The molecular weight excluding hydrogens is 379 g/mol. The molecule has 1 aliphatic rings. The third-order valence-electron chi connectivity index (χ3n) is 4.46. The number of ether oxygens (including phenoxy) is 1. The van der Waals surface area contributed by atoms with E-state index in [1.54, 1.807) is 42.5 Å². The number of amides is 2. The summed E-state index contributed by atoms with van der Waals surface area (Å²) in [7, 11) is 0. The number of fused-ring (bicyclic) bond motifs is 1. The largest absolute Gasteiger partial charge is 0.459 e. The van der Waals surface area contributed by atoms with E-state index < -0.39 is 43.0 Å². The lowest BCUT2D eigenvalue weighted by atomic mass is 10.1. The molecule has 2 atom stereocenters. The van der Waals surface area contributed by atoms with Crippen LogP contribution in [0.25, 0.3) is 10.4 Å². The molecule has 1 heterocycles. The molecule has 3 rings (SSSR count). The molecule has 2 aromatic rings. The van der Waals surface area contributed by atoms with Gasteiger partial charge in [0.15, 0.2) is 0 Å². The molecule has 0 bridgehead atoms. The lowest BCUT2D eigenvalue weighted by Crippen LogP contribution is -2.47. The van der Waals surface area contributed by atoms with Crippen LogP contribution in [0, 0.1) is 0 Å². The summed E-state index contributed by atoms with van der Waals surface area (Å²) in [6.07, 6.45) is -2.26. The molecule has 0 radical (unpaired) electrons. The standard InChI is InChI=1S/C20H17FN4O4/c21-14(11-23-24-22)10-17(20(28)29-12-13-6-2-1-3-7-13)25-18(26)15-8-4-5-9-16(15)19(25)27/h1-9,14,17H,10-12H2/t14?,17-/m0/s1. The second-order valence-electron chi connectivity index (χ2n) is 6.38. The molecule has 1 aliphatic heterocycles. The number of hydrogen-bond acceptors (Lipinski definition) is 5. The number of hydrogen-bond donors (Lipinski definition) is 0. The predicted octanol–water partition coefficient (Wildman–Crippen LogP) is 3.43. The average Bonchev–Trinajstić information content (AvgIpc) is 3.00. The molecule has 2 amide bonds. The number of imide groups is 1. The van der Waals surface area contributed by atoms with Gasteiger partial charge < -0.3 is 4.74 Å². The Morgan fingerprint density at radius 1 is 1.07 bits per heavy atom. The first-order chi connectivity index (χ1) is 14.0. The van der Waals surface area contributed by atoms with Crippen LogP contribution in [-0.2, 0) is 16.1 Å². The Morgan fingerprint density at radius 2 is 1.66 bits per heavy atom. The van der Waals surface area contributed by atoms with E-state index in [4.69, 9.17) is 10.3 Å². The molecule has 9 heteroatoms. The van der Waals surface area contributed by atoms with E-state index in [-0.39, 0.29) is 17.7 Å². The minimum absolute atomic E-state index is 0.0906. The van der Waals surface area contributed by atoms with Crippen LogP contribution in [0.15, 0.2) is 59.7 Å². The highest BCUT2D eigenvalue weighted by atomic mass is 19.1. The number of alkyl halides is 1. The lowest BCUT2D eigenvalue weighted by molar-refractivity contribution is -0.150. The third kappa shape index (κ3) is 4.41. The van der Waals surface area contributed by atoms with Gasteiger partial charge in [-0.3, -0.25) is 14.5 Å². The molecule has 0 aromatic heterocycles. The van der Waals surface area contributed by atoms with Crippen molar-refractivity contribution in [2.45, 2.75) is 25.2 Å². The van der Waals surface area contributed by atoms with Crippen LogP contribution in [-0.4, -0.2) is 41.4 Å². The minimum atomic E-state index is -1.73. The zero-order valence-electron chi connectivity index (χ0n) is 15.3. The number of esters is 1. The number of azide groups is 1. The number of carbonyl (C=O) groups is 3. The number of halogens is 1. The Morgan fingerprint density at radius 3 is 2.24 bits per heavy atom. The van der Waals surface area contributed by atoms with Gasteiger partial charge in [0.2, 0.25) is 0 Å². The third-order valence-corrected chi connectivity index (χ3v) is 4.46. The topological polar surface area (TPSA) is 112 Å². The van der Waals surface area contributed by atoms with Gasteiger partial charge in [-0.25, -0.2) is 9.18 Å². The van der Waals surface area contributed by atoms with Gasteiger partial charge in [-0.1, -0.05) is 47.6 Å². The Labute approximate surface area is 165 Å². The second kappa shape index (κ2) is 8.99. The molecule has 0 fully saturated rings. The summed E-state index contributed by atoms with van der Waals surface area (Å²) in [4.78, 5) is 41.4. The fourth-order valence-corrected chi connectivity index (χ4v) is 3.06. The molecule has 0 spiro atoms. The molecule has 0 N–H and O–H groups in total. The molecule has 29 heavy (non-hydrogen) atoms. The summed E-state index contributed by atoms with van der Waals surface area (Å²) in [5, 5.41) is 3.15.